The van der Waals surface area contributed by atoms with Gasteiger partial charge in [-0.25, -0.2) is 0 Å². The summed E-state index contributed by atoms with van der Waals surface area (Å²) in [5, 5.41) is 0. The number of hydrogen-bond donors (Lipinski definition) is 0. The average Bonchev–Trinajstić information content (AvgIpc) is 2.68. The molecule has 0 aromatic heterocycles. The lowest BCUT2D eigenvalue weighted by molar-refractivity contribution is -0.198. The summed E-state index contributed by atoms with van der Waals surface area (Å²) in [4.78, 5) is 0. The SMILES string of the molecule is C=C1CC[C@H](C(C)C)[C@H]2[C@H](OC)O[C@H](OC)[C@@H]12. The van der Waals surface area contributed by atoms with Gasteiger partial charge in [-0.05, 0) is 24.7 Å². The average molecular weight is 240 g/mol. The summed E-state index contributed by atoms with van der Waals surface area (Å²) in [7, 11) is 3.42. The number of hydrogen-bond acceptors (Lipinski definition) is 3. The molecule has 0 amide bonds. The van der Waals surface area contributed by atoms with Gasteiger partial charge in [0, 0.05) is 26.1 Å². The van der Waals surface area contributed by atoms with Crippen molar-refractivity contribution in [2.45, 2.75) is 39.3 Å². The summed E-state index contributed by atoms with van der Waals surface area (Å²) in [5.41, 5.74) is 1.26. The molecule has 0 unspecified atom stereocenters. The third kappa shape index (κ3) is 2.16. The van der Waals surface area contributed by atoms with Gasteiger partial charge in [0.1, 0.15) is 0 Å². The van der Waals surface area contributed by atoms with Crippen molar-refractivity contribution in [2.75, 3.05) is 14.2 Å². The molecule has 1 aliphatic carbocycles. The second-order valence-corrected chi connectivity index (χ2v) is 5.55. The fourth-order valence-corrected chi connectivity index (χ4v) is 3.49. The zero-order valence-electron chi connectivity index (χ0n) is 11.3. The predicted molar refractivity (Wildman–Crippen MR) is 66.4 cm³/mol. The lowest BCUT2D eigenvalue weighted by Crippen LogP contribution is -2.37. The van der Waals surface area contributed by atoms with Gasteiger partial charge in [-0.2, -0.15) is 0 Å². The van der Waals surface area contributed by atoms with Crippen LogP contribution in [0.1, 0.15) is 26.7 Å². The first-order valence-corrected chi connectivity index (χ1v) is 6.48. The zero-order valence-corrected chi connectivity index (χ0v) is 11.3. The normalized spacial score (nSPS) is 41.9. The standard InChI is InChI=1S/C14H24O3/c1-8(2)10-7-6-9(3)11-12(10)14(16-5)17-13(11)15-4/h8,10-14H,3,6-7H2,1-2,4-5H3/t10-,11+,12-,13+,14-/m1/s1. The van der Waals surface area contributed by atoms with Crippen molar-refractivity contribution in [1.82, 2.24) is 0 Å². The molecule has 5 atom stereocenters. The van der Waals surface area contributed by atoms with E-state index in [1.807, 2.05) is 0 Å². The highest BCUT2D eigenvalue weighted by Crippen LogP contribution is 2.50. The summed E-state index contributed by atoms with van der Waals surface area (Å²) < 4.78 is 16.8. The molecule has 2 fully saturated rings. The Morgan fingerprint density at radius 2 is 1.88 bits per heavy atom. The molecule has 1 saturated carbocycles. The number of fused-ring (bicyclic) bond motifs is 1. The van der Waals surface area contributed by atoms with Crippen LogP contribution >= 0.6 is 0 Å². The molecular weight excluding hydrogens is 216 g/mol. The third-order valence-corrected chi connectivity index (χ3v) is 4.38. The molecule has 1 heterocycles. The molecule has 17 heavy (non-hydrogen) atoms. The van der Waals surface area contributed by atoms with E-state index in [4.69, 9.17) is 14.2 Å². The van der Waals surface area contributed by atoms with Gasteiger partial charge in [0.15, 0.2) is 12.6 Å². The van der Waals surface area contributed by atoms with Gasteiger partial charge in [0.25, 0.3) is 0 Å². The van der Waals surface area contributed by atoms with E-state index >= 15 is 0 Å². The molecular formula is C14H24O3. The van der Waals surface area contributed by atoms with Crippen LogP contribution in [0.25, 0.3) is 0 Å². The molecule has 0 bridgehead atoms. The van der Waals surface area contributed by atoms with Gasteiger partial charge in [-0.3, -0.25) is 0 Å². The summed E-state index contributed by atoms with van der Waals surface area (Å²) >= 11 is 0. The van der Waals surface area contributed by atoms with Crippen molar-refractivity contribution < 1.29 is 14.2 Å². The van der Waals surface area contributed by atoms with Crippen molar-refractivity contribution in [1.29, 1.82) is 0 Å². The van der Waals surface area contributed by atoms with Crippen LogP contribution in [0.15, 0.2) is 12.2 Å². The maximum atomic E-state index is 5.85. The summed E-state index contributed by atoms with van der Waals surface area (Å²) in [6.07, 6.45) is 1.95. The Morgan fingerprint density at radius 1 is 1.24 bits per heavy atom. The van der Waals surface area contributed by atoms with Crippen molar-refractivity contribution >= 4 is 0 Å². The summed E-state index contributed by atoms with van der Waals surface area (Å²) in [5.74, 6) is 1.97. The van der Waals surface area contributed by atoms with Crippen LogP contribution < -0.4 is 0 Å². The molecule has 98 valence electrons. The molecule has 2 rings (SSSR count). The minimum absolute atomic E-state index is 0.144. The Balaban J connectivity index is 2.26. The topological polar surface area (TPSA) is 27.7 Å². The van der Waals surface area contributed by atoms with Crippen LogP contribution in [0.3, 0.4) is 0 Å². The number of rotatable bonds is 3. The second kappa shape index (κ2) is 5.09. The molecule has 1 saturated heterocycles. The highest BCUT2D eigenvalue weighted by molar-refractivity contribution is 5.12. The summed E-state index contributed by atoms with van der Waals surface area (Å²) in [6.45, 7) is 8.76. The lowest BCUT2D eigenvalue weighted by atomic mass is 9.66. The number of methoxy groups -OCH3 is 2. The van der Waals surface area contributed by atoms with E-state index in [1.54, 1.807) is 14.2 Å². The van der Waals surface area contributed by atoms with Crippen molar-refractivity contribution in [3.05, 3.63) is 12.2 Å². The molecule has 0 aromatic carbocycles. The van der Waals surface area contributed by atoms with E-state index in [0.29, 0.717) is 23.7 Å². The predicted octanol–water partition coefficient (Wildman–Crippen LogP) is 2.82. The maximum absolute atomic E-state index is 5.85. The minimum atomic E-state index is -0.181. The van der Waals surface area contributed by atoms with E-state index in [1.165, 1.54) is 12.0 Å². The molecule has 3 nitrogen and oxygen atoms in total. The van der Waals surface area contributed by atoms with Crippen LogP contribution in [0.4, 0.5) is 0 Å². The van der Waals surface area contributed by atoms with Crippen LogP contribution in [0.2, 0.25) is 0 Å². The first-order chi connectivity index (χ1) is 8.10. The Hall–Kier alpha value is -0.380. The molecule has 0 radical (unpaired) electrons. The van der Waals surface area contributed by atoms with Crippen LogP contribution in [-0.2, 0) is 14.2 Å². The molecule has 0 aromatic rings. The zero-order chi connectivity index (χ0) is 12.6. The van der Waals surface area contributed by atoms with Gasteiger partial charge in [0.2, 0.25) is 0 Å². The summed E-state index contributed by atoms with van der Waals surface area (Å²) in [6, 6.07) is 0. The van der Waals surface area contributed by atoms with Crippen molar-refractivity contribution in [3.63, 3.8) is 0 Å². The molecule has 0 spiro atoms. The Kier molecular flexibility index (Phi) is 3.91. The highest BCUT2D eigenvalue weighted by atomic mass is 16.8. The third-order valence-electron chi connectivity index (χ3n) is 4.38. The smallest absolute Gasteiger partial charge is 0.167 e. The lowest BCUT2D eigenvalue weighted by Gasteiger charge is -2.39. The van der Waals surface area contributed by atoms with Crippen LogP contribution in [0.5, 0.6) is 0 Å². The van der Waals surface area contributed by atoms with E-state index < -0.39 is 0 Å². The second-order valence-electron chi connectivity index (χ2n) is 5.55. The molecule has 3 heteroatoms. The van der Waals surface area contributed by atoms with Gasteiger partial charge in [0.05, 0.1) is 0 Å². The monoisotopic (exact) mass is 240 g/mol. The minimum Gasteiger partial charge on any atom is -0.355 e. The number of ether oxygens (including phenoxy) is 3. The van der Waals surface area contributed by atoms with E-state index in [2.05, 4.69) is 20.4 Å². The fourth-order valence-electron chi connectivity index (χ4n) is 3.49. The molecule has 1 aliphatic heterocycles. The highest BCUT2D eigenvalue weighted by Gasteiger charge is 2.52. The quantitative estimate of drug-likeness (QED) is 0.710. The Labute approximate surface area is 104 Å². The van der Waals surface area contributed by atoms with Crippen LogP contribution in [0, 0.1) is 23.7 Å². The van der Waals surface area contributed by atoms with Gasteiger partial charge >= 0.3 is 0 Å². The first kappa shape index (κ1) is 13.1. The van der Waals surface area contributed by atoms with Gasteiger partial charge < -0.3 is 14.2 Å². The molecule has 0 N–H and O–H groups in total. The van der Waals surface area contributed by atoms with Gasteiger partial charge in [-0.15, -0.1) is 0 Å². The van der Waals surface area contributed by atoms with Gasteiger partial charge in [-0.1, -0.05) is 26.0 Å². The maximum Gasteiger partial charge on any atom is 0.167 e. The van der Waals surface area contributed by atoms with Crippen molar-refractivity contribution in [3.8, 4) is 0 Å². The Morgan fingerprint density at radius 3 is 2.41 bits per heavy atom. The first-order valence-electron chi connectivity index (χ1n) is 6.48. The fraction of sp³-hybridized carbons (Fsp3) is 0.857. The van der Waals surface area contributed by atoms with E-state index in [0.717, 1.165) is 6.42 Å². The molecule has 2 aliphatic rings. The van der Waals surface area contributed by atoms with Crippen LogP contribution in [-0.4, -0.2) is 26.8 Å². The van der Waals surface area contributed by atoms with E-state index in [-0.39, 0.29) is 12.6 Å². The van der Waals surface area contributed by atoms with E-state index in [9.17, 15) is 0 Å². The Bertz CT molecular complexity index is 287. The van der Waals surface area contributed by atoms with Crippen molar-refractivity contribution in [2.24, 2.45) is 23.7 Å². The largest absolute Gasteiger partial charge is 0.355 e.